The molecule has 7 heteroatoms. The highest BCUT2D eigenvalue weighted by Gasteiger charge is 2.31. The summed E-state index contributed by atoms with van der Waals surface area (Å²) in [6.07, 6.45) is 0.694. The van der Waals surface area contributed by atoms with Crippen molar-refractivity contribution in [2.24, 2.45) is 0 Å². The molecule has 1 aromatic carbocycles. The Morgan fingerprint density at radius 2 is 1.81 bits per heavy atom. The molecule has 21 heavy (non-hydrogen) atoms. The third-order valence-corrected chi connectivity index (χ3v) is 3.88. The van der Waals surface area contributed by atoms with E-state index in [-0.39, 0.29) is 16.2 Å². The van der Waals surface area contributed by atoms with Gasteiger partial charge in [-0.3, -0.25) is 0 Å². The fourth-order valence-corrected chi connectivity index (χ4v) is 2.92. The summed E-state index contributed by atoms with van der Waals surface area (Å²) in [7, 11) is 0. The highest BCUT2D eigenvalue weighted by molar-refractivity contribution is 9.10. The van der Waals surface area contributed by atoms with Crippen LogP contribution in [0.3, 0.4) is 0 Å². The Morgan fingerprint density at radius 3 is 2.43 bits per heavy atom. The molecule has 2 amide bonds. The van der Waals surface area contributed by atoms with Crippen molar-refractivity contribution in [2.75, 3.05) is 5.32 Å². The van der Waals surface area contributed by atoms with Gasteiger partial charge in [0, 0.05) is 16.2 Å². The zero-order valence-corrected chi connectivity index (χ0v) is 12.9. The third-order valence-electron chi connectivity index (χ3n) is 3.42. The molecule has 1 fully saturated rings. The van der Waals surface area contributed by atoms with Crippen molar-refractivity contribution >= 4 is 27.6 Å². The topological polar surface area (TPSA) is 41.1 Å². The predicted octanol–water partition coefficient (Wildman–Crippen LogP) is 4.92. The minimum atomic E-state index is -4.44. The van der Waals surface area contributed by atoms with E-state index in [4.69, 9.17) is 0 Å². The molecule has 0 saturated heterocycles. The number of anilines is 1. The summed E-state index contributed by atoms with van der Waals surface area (Å²) >= 11 is 3.02. The number of alkyl halides is 3. The van der Waals surface area contributed by atoms with Gasteiger partial charge in [-0.1, -0.05) is 35.2 Å². The number of hydrogen-bond acceptors (Lipinski definition) is 1. The largest absolute Gasteiger partial charge is 0.416 e. The van der Waals surface area contributed by atoms with Crippen molar-refractivity contribution in [3.63, 3.8) is 0 Å². The van der Waals surface area contributed by atoms with Gasteiger partial charge in [0.15, 0.2) is 0 Å². The van der Waals surface area contributed by atoms with Gasteiger partial charge in [0.05, 0.1) is 5.56 Å². The molecule has 0 atom stereocenters. The van der Waals surface area contributed by atoms with Crippen LogP contribution in [0.15, 0.2) is 22.7 Å². The number of urea groups is 1. The number of carbonyl (C=O) groups is 1. The molecule has 0 unspecified atom stereocenters. The maximum Gasteiger partial charge on any atom is 0.416 e. The van der Waals surface area contributed by atoms with Crippen LogP contribution in [0, 0.1) is 0 Å². The first-order valence-electron chi connectivity index (χ1n) is 6.80. The summed E-state index contributed by atoms with van der Waals surface area (Å²) in [4.78, 5) is 11.8. The highest BCUT2D eigenvalue weighted by atomic mass is 79.9. The van der Waals surface area contributed by atoms with Gasteiger partial charge >= 0.3 is 12.2 Å². The average Bonchev–Trinajstić information content (AvgIpc) is 2.37. The van der Waals surface area contributed by atoms with E-state index >= 15 is 0 Å². The molecular formula is C14H16BrF3N2O. The molecule has 3 nitrogen and oxygen atoms in total. The Bertz CT molecular complexity index is 513. The number of benzene rings is 1. The van der Waals surface area contributed by atoms with Crippen molar-refractivity contribution in [1.82, 2.24) is 5.32 Å². The van der Waals surface area contributed by atoms with E-state index in [1.165, 1.54) is 12.5 Å². The normalized spacial score (nSPS) is 16.6. The molecular weight excluding hydrogens is 349 g/mol. The molecule has 1 aliphatic carbocycles. The summed E-state index contributed by atoms with van der Waals surface area (Å²) < 4.78 is 38.4. The molecule has 2 rings (SSSR count). The molecule has 0 aromatic heterocycles. The van der Waals surface area contributed by atoms with Gasteiger partial charge in [0.25, 0.3) is 0 Å². The Kier molecular flexibility index (Phi) is 5.13. The van der Waals surface area contributed by atoms with E-state index in [0.717, 1.165) is 37.8 Å². The minimum absolute atomic E-state index is 0.105. The Balaban J connectivity index is 2.01. The molecule has 0 bridgehead atoms. The van der Waals surface area contributed by atoms with Crippen LogP contribution >= 0.6 is 15.9 Å². The molecule has 1 aromatic rings. The van der Waals surface area contributed by atoms with Gasteiger partial charge in [-0.2, -0.15) is 13.2 Å². The lowest BCUT2D eigenvalue weighted by Crippen LogP contribution is -2.39. The minimum Gasteiger partial charge on any atom is -0.335 e. The lowest BCUT2D eigenvalue weighted by molar-refractivity contribution is -0.137. The molecule has 0 spiro atoms. The van der Waals surface area contributed by atoms with Crippen LogP contribution in [-0.2, 0) is 6.18 Å². The molecule has 0 radical (unpaired) electrons. The summed E-state index contributed by atoms with van der Waals surface area (Å²) in [5.74, 6) is 0. The smallest absolute Gasteiger partial charge is 0.335 e. The van der Waals surface area contributed by atoms with E-state index in [2.05, 4.69) is 26.6 Å². The number of rotatable bonds is 2. The average molecular weight is 365 g/mol. The van der Waals surface area contributed by atoms with E-state index in [1.54, 1.807) is 0 Å². The summed E-state index contributed by atoms with van der Waals surface area (Å²) in [5, 5.41) is 5.26. The molecule has 1 saturated carbocycles. The van der Waals surface area contributed by atoms with E-state index in [0.29, 0.717) is 0 Å². The Morgan fingerprint density at radius 1 is 1.14 bits per heavy atom. The van der Waals surface area contributed by atoms with Gasteiger partial charge in [0.1, 0.15) is 0 Å². The fraction of sp³-hybridized carbons (Fsp3) is 0.500. The zero-order chi connectivity index (χ0) is 15.5. The maximum atomic E-state index is 12.7. The SMILES string of the molecule is O=C(Nc1cc(Br)cc(C(F)(F)F)c1)NC1CCCCC1. The van der Waals surface area contributed by atoms with Crippen LogP contribution in [0.2, 0.25) is 0 Å². The van der Waals surface area contributed by atoms with Crippen LogP contribution in [0.1, 0.15) is 37.7 Å². The molecule has 2 N–H and O–H groups in total. The van der Waals surface area contributed by atoms with Gasteiger partial charge in [-0.05, 0) is 31.0 Å². The first-order valence-corrected chi connectivity index (χ1v) is 7.59. The van der Waals surface area contributed by atoms with E-state index < -0.39 is 17.8 Å². The molecule has 1 aliphatic rings. The summed E-state index contributed by atoms with van der Waals surface area (Å²) in [5.41, 5.74) is -0.685. The fourth-order valence-electron chi connectivity index (χ4n) is 2.42. The number of halogens is 4. The predicted molar refractivity (Wildman–Crippen MR) is 78.2 cm³/mol. The summed E-state index contributed by atoms with van der Waals surface area (Å²) in [6, 6.07) is 2.98. The van der Waals surface area contributed by atoms with Gasteiger partial charge in [-0.25, -0.2) is 4.79 Å². The summed E-state index contributed by atoms with van der Waals surface area (Å²) in [6.45, 7) is 0. The van der Waals surface area contributed by atoms with Gasteiger partial charge in [0.2, 0.25) is 0 Å². The number of nitrogens with one attached hydrogen (secondary N) is 2. The van der Waals surface area contributed by atoms with Crippen molar-refractivity contribution in [3.8, 4) is 0 Å². The van der Waals surface area contributed by atoms with Crippen LogP contribution in [-0.4, -0.2) is 12.1 Å². The Labute approximate surface area is 129 Å². The van der Waals surface area contributed by atoms with Crippen LogP contribution in [0.25, 0.3) is 0 Å². The molecule has 0 aliphatic heterocycles. The molecule has 116 valence electrons. The lowest BCUT2D eigenvalue weighted by atomic mass is 9.96. The molecule has 0 heterocycles. The van der Waals surface area contributed by atoms with Crippen LogP contribution in [0.4, 0.5) is 23.7 Å². The first-order chi connectivity index (χ1) is 9.84. The number of hydrogen-bond donors (Lipinski definition) is 2. The first kappa shape index (κ1) is 16.1. The second-order valence-electron chi connectivity index (χ2n) is 5.16. The van der Waals surface area contributed by atoms with Crippen molar-refractivity contribution in [3.05, 3.63) is 28.2 Å². The van der Waals surface area contributed by atoms with Gasteiger partial charge in [-0.15, -0.1) is 0 Å². The lowest BCUT2D eigenvalue weighted by Gasteiger charge is -2.23. The van der Waals surface area contributed by atoms with Gasteiger partial charge < -0.3 is 10.6 Å². The van der Waals surface area contributed by atoms with Crippen molar-refractivity contribution in [2.45, 2.75) is 44.3 Å². The Hall–Kier alpha value is -1.24. The van der Waals surface area contributed by atoms with Crippen LogP contribution in [0.5, 0.6) is 0 Å². The maximum absolute atomic E-state index is 12.7. The number of amides is 2. The quantitative estimate of drug-likeness (QED) is 0.767. The number of carbonyl (C=O) groups excluding carboxylic acids is 1. The van der Waals surface area contributed by atoms with Crippen LogP contribution < -0.4 is 10.6 Å². The highest BCUT2D eigenvalue weighted by Crippen LogP contribution is 2.33. The zero-order valence-electron chi connectivity index (χ0n) is 11.3. The van der Waals surface area contributed by atoms with E-state index in [9.17, 15) is 18.0 Å². The van der Waals surface area contributed by atoms with Crippen molar-refractivity contribution in [1.29, 1.82) is 0 Å². The second kappa shape index (κ2) is 6.68. The third kappa shape index (κ3) is 4.91. The van der Waals surface area contributed by atoms with Crippen molar-refractivity contribution < 1.29 is 18.0 Å². The van der Waals surface area contributed by atoms with E-state index in [1.807, 2.05) is 0 Å². The monoisotopic (exact) mass is 364 g/mol. The standard InChI is InChI=1S/C14H16BrF3N2O/c15-10-6-9(14(16,17)18)7-12(8-10)20-13(21)19-11-4-2-1-3-5-11/h6-8,11H,1-5H2,(H2,19,20,21). The second-order valence-corrected chi connectivity index (χ2v) is 6.08.